The summed E-state index contributed by atoms with van der Waals surface area (Å²) >= 11 is 0. The third kappa shape index (κ3) is 1.70. The van der Waals surface area contributed by atoms with Gasteiger partial charge in [0.05, 0.1) is 6.04 Å². The highest BCUT2D eigenvalue weighted by atomic mass is 16.2. The largest absolute Gasteiger partial charge is 0.347 e. The van der Waals surface area contributed by atoms with Crippen molar-refractivity contribution in [3.63, 3.8) is 0 Å². The minimum atomic E-state index is 0.0231. The molecule has 1 saturated heterocycles. The van der Waals surface area contributed by atoms with Crippen LogP contribution in [-0.2, 0) is 7.05 Å². The summed E-state index contributed by atoms with van der Waals surface area (Å²) in [6.07, 6.45) is 5.30. The highest BCUT2D eigenvalue weighted by Crippen LogP contribution is 2.30. The van der Waals surface area contributed by atoms with Crippen LogP contribution in [0.25, 0.3) is 0 Å². The number of aromatic amines is 1. The average Bonchev–Trinajstić information content (AvgIpc) is 3.09. The van der Waals surface area contributed by atoms with E-state index in [0.29, 0.717) is 5.69 Å². The molecule has 0 saturated carbocycles. The predicted molar refractivity (Wildman–Crippen MR) is 64.8 cm³/mol. The Hall–Kier alpha value is -2.11. The summed E-state index contributed by atoms with van der Waals surface area (Å²) in [6.45, 7) is 0.773. The lowest BCUT2D eigenvalue weighted by Gasteiger charge is -2.23. The number of nitrogens with zero attached hydrogens (tertiary/aromatic N) is 4. The van der Waals surface area contributed by atoms with Gasteiger partial charge in [0, 0.05) is 19.8 Å². The summed E-state index contributed by atoms with van der Waals surface area (Å²) < 4.78 is 1.85. The highest BCUT2D eigenvalue weighted by molar-refractivity contribution is 5.93. The molecule has 3 rings (SSSR count). The SMILES string of the molecule is Cn1cccc1C(=O)N1CCC[C@H]1c1ncn[nH]1. The molecule has 1 aliphatic rings. The molecule has 1 aliphatic heterocycles. The number of rotatable bonds is 2. The van der Waals surface area contributed by atoms with Crippen molar-refractivity contribution in [3.05, 3.63) is 36.2 Å². The zero-order valence-corrected chi connectivity index (χ0v) is 10.2. The quantitative estimate of drug-likeness (QED) is 0.862. The van der Waals surface area contributed by atoms with Crippen LogP contribution < -0.4 is 0 Å². The zero-order chi connectivity index (χ0) is 12.5. The molecule has 0 radical (unpaired) electrons. The second-order valence-electron chi connectivity index (χ2n) is 4.53. The van der Waals surface area contributed by atoms with Gasteiger partial charge in [0.25, 0.3) is 5.91 Å². The van der Waals surface area contributed by atoms with Crippen molar-refractivity contribution in [3.8, 4) is 0 Å². The maximum absolute atomic E-state index is 12.5. The molecule has 3 heterocycles. The summed E-state index contributed by atoms with van der Waals surface area (Å²) in [6, 6.07) is 3.75. The van der Waals surface area contributed by atoms with Crippen LogP contribution in [0.2, 0.25) is 0 Å². The van der Waals surface area contributed by atoms with E-state index in [4.69, 9.17) is 0 Å². The number of aromatic nitrogens is 4. The lowest BCUT2D eigenvalue weighted by Crippen LogP contribution is -2.32. The average molecular weight is 245 g/mol. The molecular weight excluding hydrogens is 230 g/mol. The highest BCUT2D eigenvalue weighted by Gasteiger charge is 2.33. The van der Waals surface area contributed by atoms with Crippen LogP contribution >= 0.6 is 0 Å². The Morgan fingerprint density at radius 3 is 3.11 bits per heavy atom. The van der Waals surface area contributed by atoms with Crippen molar-refractivity contribution in [2.75, 3.05) is 6.54 Å². The van der Waals surface area contributed by atoms with Crippen molar-refractivity contribution in [1.29, 1.82) is 0 Å². The van der Waals surface area contributed by atoms with Gasteiger partial charge in [-0.3, -0.25) is 9.89 Å². The first-order valence-corrected chi connectivity index (χ1v) is 6.05. The van der Waals surface area contributed by atoms with E-state index in [9.17, 15) is 4.79 Å². The lowest BCUT2D eigenvalue weighted by atomic mass is 10.2. The minimum absolute atomic E-state index is 0.0231. The summed E-state index contributed by atoms with van der Waals surface area (Å²) in [4.78, 5) is 18.5. The first-order valence-electron chi connectivity index (χ1n) is 6.05. The van der Waals surface area contributed by atoms with Crippen LogP contribution in [0, 0.1) is 0 Å². The van der Waals surface area contributed by atoms with Crippen molar-refractivity contribution < 1.29 is 4.79 Å². The number of H-pyrrole nitrogens is 1. The fourth-order valence-electron chi connectivity index (χ4n) is 2.50. The molecule has 94 valence electrons. The maximum atomic E-state index is 12.5. The van der Waals surface area contributed by atoms with E-state index in [1.165, 1.54) is 6.33 Å². The maximum Gasteiger partial charge on any atom is 0.271 e. The number of carbonyl (C=O) groups excluding carboxylic acids is 1. The number of nitrogens with one attached hydrogen (secondary N) is 1. The van der Waals surface area contributed by atoms with Gasteiger partial charge in [0.2, 0.25) is 0 Å². The van der Waals surface area contributed by atoms with Gasteiger partial charge in [-0.1, -0.05) is 0 Å². The molecule has 0 aromatic carbocycles. The molecule has 18 heavy (non-hydrogen) atoms. The number of amides is 1. The number of hydrogen-bond donors (Lipinski definition) is 1. The predicted octanol–water partition coefficient (Wildman–Crippen LogP) is 1.12. The van der Waals surface area contributed by atoms with Crippen LogP contribution in [0.4, 0.5) is 0 Å². The van der Waals surface area contributed by atoms with Gasteiger partial charge in [-0.15, -0.1) is 0 Å². The Morgan fingerprint density at radius 1 is 1.56 bits per heavy atom. The lowest BCUT2D eigenvalue weighted by molar-refractivity contribution is 0.0720. The molecule has 0 aliphatic carbocycles. The third-order valence-electron chi connectivity index (χ3n) is 3.43. The topological polar surface area (TPSA) is 66.8 Å². The van der Waals surface area contributed by atoms with Crippen molar-refractivity contribution in [2.24, 2.45) is 7.05 Å². The molecule has 1 amide bonds. The van der Waals surface area contributed by atoms with Gasteiger partial charge in [0.15, 0.2) is 0 Å². The van der Waals surface area contributed by atoms with Crippen LogP contribution in [0.1, 0.15) is 35.2 Å². The van der Waals surface area contributed by atoms with Gasteiger partial charge in [-0.05, 0) is 25.0 Å². The first-order chi connectivity index (χ1) is 8.77. The smallest absolute Gasteiger partial charge is 0.271 e. The van der Waals surface area contributed by atoms with Gasteiger partial charge < -0.3 is 9.47 Å². The monoisotopic (exact) mass is 245 g/mol. The Balaban J connectivity index is 1.88. The summed E-state index contributed by atoms with van der Waals surface area (Å²) in [5, 5.41) is 6.72. The molecule has 0 spiro atoms. The molecule has 0 bridgehead atoms. The van der Waals surface area contributed by atoms with E-state index in [2.05, 4.69) is 15.2 Å². The second-order valence-corrected chi connectivity index (χ2v) is 4.53. The fourth-order valence-corrected chi connectivity index (χ4v) is 2.50. The molecule has 0 unspecified atom stereocenters. The molecule has 6 nitrogen and oxygen atoms in total. The Bertz CT molecular complexity index is 545. The molecule has 2 aromatic heterocycles. The molecule has 2 aromatic rings. The molecule has 1 N–H and O–H groups in total. The van der Waals surface area contributed by atoms with E-state index in [0.717, 1.165) is 25.2 Å². The molecule has 1 atom stereocenters. The van der Waals surface area contributed by atoms with Crippen molar-refractivity contribution >= 4 is 5.91 Å². The summed E-state index contributed by atoms with van der Waals surface area (Å²) in [7, 11) is 1.88. The van der Waals surface area contributed by atoms with E-state index in [-0.39, 0.29) is 11.9 Å². The Morgan fingerprint density at radius 2 is 2.44 bits per heavy atom. The van der Waals surface area contributed by atoms with Gasteiger partial charge in [-0.2, -0.15) is 5.10 Å². The Kier molecular flexibility index (Phi) is 2.62. The fraction of sp³-hybridized carbons (Fsp3) is 0.417. The van der Waals surface area contributed by atoms with Crippen molar-refractivity contribution in [1.82, 2.24) is 24.6 Å². The van der Waals surface area contributed by atoms with Crippen molar-refractivity contribution in [2.45, 2.75) is 18.9 Å². The molecule has 1 fully saturated rings. The molecular formula is C12H15N5O. The summed E-state index contributed by atoms with van der Waals surface area (Å²) in [5.41, 5.74) is 0.710. The van der Waals surface area contributed by atoms with Gasteiger partial charge in [-0.25, -0.2) is 4.98 Å². The standard InChI is InChI=1S/C12H15N5O/c1-16-6-2-5-10(16)12(18)17-7-3-4-9(17)11-13-8-14-15-11/h2,5-6,8-9H,3-4,7H2,1H3,(H,13,14,15)/t9-/m0/s1. The van der Waals surface area contributed by atoms with Crippen LogP contribution in [-0.4, -0.2) is 37.1 Å². The normalized spacial score (nSPS) is 19.4. The number of carbonyl (C=O) groups is 1. The van der Waals surface area contributed by atoms with E-state index in [1.54, 1.807) is 0 Å². The van der Waals surface area contributed by atoms with Gasteiger partial charge >= 0.3 is 0 Å². The number of likely N-dealkylation sites (tertiary alicyclic amines) is 1. The zero-order valence-electron chi connectivity index (χ0n) is 10.2. The third-order valence-corrected chi connectivity index (χ3v) is 3.43. The van der Waals surface area contributed by atoms with E-state index in [1.807, 2.05) is 34.8 Å². The van der Waals surface area contributed by atoms with Crippen LogP contribution in [0.5, 0.6) is 0 Å². The van der Waals surface area contributed by atoms with Gasteiger partial charge in [0.1, 0.15) is 17.8 Å². The summed E-state index contributed by atoms with van der Waals surface area (Å²) in [5.74, 6) is 0.830. The second kappa shape index (κ2) is 4.29. The van der Waals surface area contributed by atoms with Crippen LogP contribution in [0.3, 0.4) is 0 Å². The number of hydrogen-bond acceptors (Lipinski definition) is 3. The van der Waals surface area contributed by atoms with E-state index < -0.39 is 0 Å². The van der Waals surface area contributed by atoms with E-state index >= 15 is 0 Å². The van der Waals surface area contributed by atoms with Crippen LogP contribution in [0.15, 0.2) is 24.7 Å². The molecule has 6 heteroatoms. The minimum Gasteiger partial charge on any atom is -0.347 e. The Labute approximate surface area is 105 Å². The first kappa shape index (κ1) is 11.0. The number of aryl methyl sites for hydroxylation is 1.